The number of fused-ring (bicyclic) bond motifs is 1. The molecule has 1 aromatic carbocycles. The van der Waals surface area contributed by atoms with E-state index in [2.05, 4.69) is 12.2 Å². The van der Waals surface area contributed by atoms with E-state index < -0.39 is 0 Å². The fourth-order valence-electron chi connectivity index (χ4n) is 2.85. The number of carbonyl (C=O) groups excluding carboxylic acids is 1. The predicted molar refractivity (Wildman–Crippen MR) is 80.6 cm³/mol. The molecule has 0 radical (unpaired) electrons. The number of hydrogen-bond acceptors (Lipinski definition) is 3. The lowest BCUT2D eigenvalue weighted by Crippen LogP contribution is -2.43. The van der Waals surface area contributed by atoms with Crippen molar-refractivity contribution in [1.82, 2.24) is 5.32 Å². The Hall–Kier alpha value is -1.55. The molecule has 1 aliphatic rings. The van der Waals surface area contributed by atoms with Gasteiger partial charge in [0.05, 0.1) is 5.69 Å². The zero-order chi connectivity index (χ0) is 13.5. The first-order chi connectivity index (χ1) is 9.09. The summed E-state index contributed by atoms with van der Waals surface area (Å²) in [5.41, 5.74) is 6.66. The third-order valence-electron chi connectivity index (χ3n) is 3.96. The van der Waals surface area contributed by atoms with E-state index in [0.717, 1.165) is 22.9 Å². The molecule has 0 bridgehead atoms. The SMILES string of the molecule is CC1(NC(=O)c2sc3ccccc3c2N)CCCC1. The van der Waals surface area contributed by atoms with E-state index in [4.69, 9.17) is 5.73 Å². The zero-order valence-electron chi connectivity index (χ0n) is 11.0. The van der Waals surface area contributed by atoms with Crippen molar-refractivity contribution in [2.75, 3.05) is 5.73 Å². The van der Waals surface area contributed by atoms with Crippen LogP contribution in [0.25, 0.3) is 10.1 Å². The highest BCUT2D eigenvalue weighted by Gasteiger charge is 2.31. The molecule has 1 fully saturated rings. The lowest BCUT2D eigenvalue weighted by Gasteiger charge is -2.24. The second kappa shape index (κ2) is 4.53. The van der Waals surface area contributed by atoms with Crippen LogP contribution in [0.5, 0.6) is 0 Å². The minimum atomic E-state index is -0.0559. The minimum absolute atomic E-state index is 0.0249. The summed E-state index contributed by atoms with van der Waals surface area (Å²) in [5.74, 6) is -0.0249. The minimum Gasteiger partial charge on any atom is -0.397 e. The van der Waals surface area contributed by atoms with E-state index in [0.29, 0.717) is 10.6 Å². The van der Waals surface area contributed by atoms with E-state index in [-0.39, 0.29) is 11.4 Å². The fraction of sp³-hybridized carbons (Fsp3) is 0.400. The number of anilines is 1. The van der Waals surface area contributed by atoms with Crippen molar-refractivity contribution < 1.29 is 4.79 Å². The number of rotatable bonds is 2. The number of hydrogen-bond donors (Lipinski definition) is 2. The predicted octanol–water partition coefficient (Wildman–Crippen LogP) is 3.55. The van der Waals surface area contributed by atoms with Gasteiger partial charge in [-0.3, -0.25) is 4.79 Å². The van der Waals surface area contributed by atoms with Crippen LogP contribution in [0.4, 0.5) is 5.69 Å². The standard InChI is InChI=1S/C15H18N2OS/c1-15(8-4-5-9-15)17-14(18)13-12(16)10-6-2-3-7-11(10)19-13/h2-3,6-7H,4-5,8-9,16H2,1H3,(H,17,18). The number of thiophene rings is 1. The molecule has 0 unspecified atom stereocenters. The fourth-order valence-corrected chi connectivity index (χ4v) is 3.86. The van der Waals surface area contributed by atoms with Gasteiger partial charge in [0.25, 0.3) is 5.91 Å². The number of nitrogens with two attached hydrogens (primary N) is 1. The maximum absolute atomic E-state index is 12.4. The Morgan fingerprint density at radius 1 is 1.32 bits per heavy atom. The smallest absolute Gasteiger partial charge is 0.263 e. The van der Waals surface area contributed by atoms with E-state index >= 15 is 0 Å². The molecule has 1 saturated carbocycles. The second-order valence-electron chi connectivity index (χ2n) is 5.56. The normalized spacial score (nSPS) is 17.7. The van der Waals surface area contributed by atoms with Gasteiger partial charge < -0.3 is 11.1 Å². The highest BCUT2D eigenvalue weighted by atomic mass is 32.1. The quantitative estimate of drug-likeness (QED) is 0.880. The summed E-state index contributed by atoms with van der Waals surface area (Å²) in [6.45, 7) is 2.13. The lowest BCUT2D eigenvalue weighted by molar-refractivity contribution is 0.0913. The Labute approximate surface area is 116 Å². The van der Waals surface area contributed by atoms with Gasteiger partial charge in [-0.2, -0.15) is 0 Å². The zero-order valence-corrected chi connectivity index (χ0v) is 11.8. The summed E-state index contributed by atoms with van der Waals surface area (Å²) in [7, 11) is 0. The highest BCUT2D eigenvalue weighted by Crippen LogP contribution is 2.35. The summed E-state index contributed by atoms with van der Waals surface area (Å²) < 4.78 is 1.07. The molecular formula is C15H18N2OS. The van der Waals surface area contributed by atoms with E-state index in [1.54, 1.807) is 0 Å². The van der Waals surface area contributed by atoms with Gasteiger partial charge in [-0.25, -0.2) is 0 Å². The van der Waals surface area contributed by atoms with Crippen LogP contribution in [-0.4, -0.2) is 11.4 Å². The molecule has 1 amide bonds. The molecular weight excluding hydrogens is 256 g/mol. The van der Waals surface area contributed by atoms with Crippen LogP contribution in [0.2, 0.25) is 0 Å². The largest absolute Gasteiger partial charge is 0.397 e. The number of nitrogen functional groups attached to an aromatic ring is 1. The third-order valence-corrected chi connectivity index (χ3v) is 5.15. The Morgan fingerprint density at radius 3 is 2.68 bits per heavy atom. The van der Waals surface area contributed by atoms with Crippen molar-refractivity contribution in [3.05, 3.63) is 29.1 Å². The van der Waals surface area contributed by atoms with Gasteiger partial charge in [0.2, 0.25) is 0 Å². The van der Waals surface area contributed by atoms with Crippen LogP contribution in [0.1, 0.15) is 42.3 Å². The summed E-state index contributed by atoms with van der Waals surface area (Å²) in [6, 6.07) is 7.89. The molecule has 19 heavy (non-hydrogen) atoms. The average molecular weight is 274 g/mol. The Bertz CT molecular complexity index is 626. The van der Waals surface area contributed by atoms with Crippen LogP contribution in [0.15, 0.2) is 24.3 Å². The Balaban J connectivity index is 1.91. The average Bonchev–Trinajstić information content (AvgIpc) is 2.95. The molecule has 0 spiro atoms. The van der Waals surface area contributed by atoms with Gasteiger partial charge in [0.1, 0.15) is 4.88 Å². The van der Waals surface area contributed by atoms with Gasteiger partial charge in [-0.05, 0) is 25.8 Å². The van der Waals surface area contributed by atoms with E-state index in [1.807, 2.05) is 24.3 Å². The van der Waals surface area contributed by atoms with Crippen LogP contribution >= 0.6 is 11.3 Å². The van der Waals surface area contributed by atoms with Crippen LogP contribution in [-0.2, 0) is 0 Å². The topological polar surface area (TPSA) is 55.1 Å². The second-order valence-corrected chi connectivity index (χ2v) is 6.62. The summed E-state index contributed by atoms with van der Waals surface area (Å²) >= 11 is 1.48. The molecule has 3 rings (SSSR count). The maximum Gasteiger partial charge on any atom is 0.263 e. The first-order valence-corrected chi connectivity index (χ1v) is 7.50. The molecule has 100 valence electrons. The molecule has 0 aliphatic heterocycles. The Kier molecular flexibility index (Phi) is 2.97. The van der Waals surface area contributed by atoms with Crippen molar-refractivity contribution in [3.63, 3.8) is 0 Å². The molecule has 1 aliphatic carbocycles. The third kappa shape index (κ3) is 2.21. The highest BCUT2D eigenvalue weighted by molar-refractivity contribution is 7.21. The maximum atomic E-state index is 12.4. The van der Waals surface area contributed by atoms with Crippen molar-refractivity contribution in [1.29, 1.82) is 0 Å². The molecule has 0 atom stereocenters. The van der Waals surface area contributed by atoms with Gasteiger partial charge in [0.15, 0.2) is 0 Å². The summed E-state index contributed by atoms with van der Waals surface area (Å²) in [4.78, 5) is 13.1. The summed E-state index contributed by atoms with van der Waals surface area (Å²) in [6.07, 6.45) is 4.50. The number of benzene rings is 1. The van der Waals surface area contributed by atoms with Crippen LogP contribution in [0, 0.1) is 0 Å². The van der Waals surface area contributed by atoms with Crippen LogP contribution < -0.4 is 11.1 Å². The summed E-state index contributed by atoms with van der Waals surface area (Å²) in [5, 5.41) is 4.15. The first-order valence-electron chi connectivity index (χ1n) is 6.69. The van der Waals surface area contributed by atoms with Crippen molar-refractivity contribution in [2.45, 2.75) is 38.1 Å². The van der Waals surface area contributed by atoms with Crippen molar-refractivity contribution in [2.24, 2.45) is 0 Å². The van der Waals surface area contributed by atoms with Gasteiger partial charge >= 0.3 is 0 Å². The molecule has 3 nitrogen and oxygen atoms in total. The van der Waals surface area contributed by atoms with Gasteiger partial charge in [-0.1, -0.05) is 31.0 Å². The Morgan fingerprint density at radius 2 is 2.00 bits per heavy atom. The van der Waals surface area contributed by atoms with Crippen LogP contribution in [0.3, 0.4) is 0 Å². The monoisotopic (exact) mass is 274 g/mol. The number of nitrogens with one attached hydrogen (secondary N) is 1. The van der Waals surface area contributed by atoms with Crippen molar-refractivity contribution in [3.8, 4) is 0 Å². The molecule has 1 aromatic heterocycles. The van der Waals surface area contributed by atoms with E-state index in [9.17, 15) is 4.79 Å². The van der Waals surface area contributed by atoms with Gasteiger partial charge in [-0.15, -0.1) is 11.3 Å². The first kappa shape index (κ1) is 12.5. The molecule has 2 aromatic rings. The molecule has 1 heterocycles. The van der Waals surface area contributed by atoms with Gasteiger partial charge in [0, 0.05) is 15.6 Å². The molecule has 3 N–H and O–H groups in total. The van der Waals surface area contributed by atoms with E-state index in [1.165, 1.54) is 24.2 Å². The molecule has 0 saturated heterocycles. The van der Waals surface area contributed by atoms with Crippen molar-refractivity contribution >= 4 is 33.0 Å². The number of carbonyl (C=O) groups is 1. The molecule has 4 heteroatoms. The number of amides is 1. The lowest BCUT2D eigenvalue weighted by atomic mass is 10.0.